The predicted molar refractivity (Wildman–Crippen MR) is 116 cm³/mol. The highest BCUT2D eigenvalue weighted by atomic mass is 16.5. The molecule has 0 radical (unpaired) electrons. The molecule has 2 rings (SSSR count). The number of methoxy groups -OCH3 is 1. The van der Waals surface area contributed by atoms with E-state index in [9.17, 15) is 24.3 Å². The van der Waals surface area contributed by atoms with Gasteiger partial charge in [-0.25, -0.2) is 9.59 Å². The van der Waals surface area contributed by atoms with E-state index in [1.807, 2.05) is 0 Å². The lowest BCUT2D eigenvalue weighted by Crippen LogP contribution is -2.59. The summed E-state index contributed by atoms with van der Waals surface area (Å²) < 4.78 is 15.4. The molecule has 0 fully saturated rings. The van der Waals surface area contributed by atoms with Crippen molar-refractivity contribution in [1.29, 1.82) is 0 Å². The molecule has 3 N–H and O–H groups in total. The van der Waals surface area contributed by atoms with Gasteiger partial charge in [-0.15, -0.1) is 0 Å². The van der Waals surface area contributed by atoms with Gasteiger partial charge in [-0.1, -0.05) is 36.4 Å². The van der Waals surface area contributed by atoms with Crippen LogP contribution in [0.15, 0.2) is 60.7 Å². The van der Waals surface area contributed by atoms with Crippen LogP contribution in [0.5, 0.6) is 5.75 Å². The van der Waals surface area contributed by atoms with E-state index in [2.05, 4.69) is 15.4 Å². The highest BCUT2D eigenvalue weighted by Crippen LogP contribution is 2.15. The molecule has 3 atom stereocenters. The first-order valence-electron chi connectivity index (χ1n) is 10.1. The lowest BCUT2D eigenvalue weighted by molar-refractivity contribution is -0.152. The van der Waals surface area contributed by atoms with Gasteiger partial charge in [-0.05, 0) is 31.2 Å². The minimum Gasteiger partial charge on any atom is -0.478 e. The molecule has 0 aliphatic heterocycles. The number of para-hydroxylation sites is 1. The second-order valence-corrected chi connectivity index (χ2v) is 6.69. The third-order valence-electron chi connectivity index (χ3n) is 4.42. The fourth-order valence-electron chi connectivity index (χ4n) is 2.80. The zero-order chi connectivity index (χ0) is 24.2. The van der Waals surface area contributed by atoms with Gasteiger partial charge in [-0.2, -0.15) is 0 Å². The summed E-state index contributed by atoms with van der Waals surface area (Å²) in [6.45, 7) is 0.800. The second-order valence-electron chi connectivity index (χ2n) is 6.69. The molecule has 0 aliphatic rings. The summed E-state index contributed by atoms with van der Waals surface area (Å²) in [6.07, 6.45) is -1.64. The number of hydrogen-bond acceptors (Lipinski definition) is 8. The van der Waals surface area contributed by atoms with Gasteiger partial charge in [0.25, 0.3) is 11.8 Å². The second kappa shape index (κ2) is 12.8. The number of nitrogens with one attached hydrogen (secondary N) is 2. The average Bonchev–Trinajstić information content (AvgIpc) is 2.85. The van der Waals surface area contributed by atoms with Crippen molar-refractivity contribution in [2.45, 2.75) is 25.1 Å². The predicted octanol–water partition coefficient (Wildman–Crippen LogP) is 0.446. The number of rotatable bonds is 11. The maximum atomic E-state index is 13.1. The molecule has 2 aromatic rings. The number of carbonyl (C=O) groups excluding carboxylic acids is 4. The van der Waals surface area contributed by atoms with Crippen molar-refractivity contribution in [3.8, 4) is 5.75 Å². The van der Waals surface area contributed by atoms with Crippen LogP contribution < -0.4 is 15.4 Å². The molecule has 33 heavy (non-hydrogen) atoms. The van der Waals surface area contributed by atoms with E-state index in [1.54, 1.807) is 55.5 Å². The van der Waals surface area contributed by atoms with Crippen molar-refractivity contribution in [3.63, 3.8) is 0 Å². The number of carbonyl (C=O) groups is 4. The van der Waals surface area contributed by atoms with Crippen molar-refractivity contribution in [1.82, 2.24) is 10.6 Å². The topological polar surface area (TPSA) is 140 Å². The zero-order valence-electron chi connectivity index (χ0n) is 18.2. The standard InChI is InChI=1S/C23H26N2O8/c1-3-32-23(30)18(25-20(27)15-10-6-4-7-11-15)19(33-16-12-8-5-9-13-16)21(28)24-17(14-26)22(29)31-2/h4-13,17-19,26H,3,14H2,1-2H3,(H,24,28)(H,25,27)/t17-,18-,19-/m1/s1. The molecular weight excluding hydrogens is 432 g/mol. The summed E-state index contributed by atoms with van der Waals surface area (Å²) >= 11 is 0. The van der Waals surface area contributed by atoms with Gasteiger partial charge >= 0.3 is 11.9 Å². The van der Waals surface area contributed by atoms with E-state index in [0.717, 1.165) is 7.11 Å². The fourth-order valence-corrected chi connectivity index (χ4v) is 2.80. The largest absolute Gasteiger partial charge is 0.478 e. The SMILES string of the molecule is CCOC(=O)[C@H](NC(=O)c1ccccc1)[C@@H](Oc1ccccc1)C(=O)N[C@H](CO)C(=O)OC. The molecule has 10 nitrogen and oxygen atoms in total. The normalized spacial score (nSPS) is 13.1. The lowest BCUT2D eigenvalue weighted by atomic mass is 10.1. The van der Waals surface area contributed by atoms with E-state index in [4.69, 9.17) is 9.47 Å². The van der Waals surface area contributed by atoms with Crippen LogP contribution in [-0.2, 0) is 23.9 Å². The summed E-state index contributed by atoms with van der Waals surface area (Å²) in [5.41, 5.74) is 0.244. The van der Waals surface area contributed by atoms with E-state index in [0.29, 0.717) is 0 Å². The third kappa shape index (κ3) is 7.32. The summed E-state index contributed by atoms with van der Waals surface area (Å²) in [6, 6.07) is 13.2. The van der Waals surface area contributed by atoms with Gasteiger partial charge in [0.05, 0.1) is 20.3 Å². The summed E-state index contributed by atoms with van der Waals surface area (Å²) in [5, 5.41) is 14.2. The summed E-state index contributed by atoms with van der Waals surface area (Å²) in [5.74, 6) is -3.19. The number of aliphatic hydroxyl groups excluding tert-OH is 1. The van der Waals surface area contributed by atoms with Crippen molar-refractivity contribution < 1.29 is 38.5 Å². The van der Waals surface area contributed by atoms with E-state index < -0.39 is 48.5 Å². The maximum absolute atomic E-state index is 13.1. The van der Waals surface area contributed by atoms with Crippen LogP contribution in [0.25, 0.3) is 0 Å². The lowest BCUT2D eigenvalue weighted by Gasteiger charge is -2.27. The molecule has 0 aromatic heterocycles. The first kappa shape index (κ1) is 25.3. The monoisotopic (exact) mass is 458 g/mol. The maximum Gasteiger partial charge on any atom is 0.333 e. The van der Waals surface area contributed by atoms with Gasteiger partial charge in [0.2, 0.25) is 6.10 Å². The van der Waals surface area contributed by atoms with Gasteiger partial charge in [-0.3, -0.25) is 9.59 Å². The van der Waals surface area contributed by atoms with Crippen LogP contribution in [0.3, 0.4) is 0 Å². The molecule has 0 unspecified atom stereocenters. The first-order valence-corrected chi connectivity index (χ1v) is 10.1. The van der Waals surface area contributed by atoms with Gasteiger partial charge in [0.15, 0.2) is 12.1 Å². The highest BCUT2D eigenvalue weighted by molar-refractivity contribution is 5.99. The van der Waals surface area contributed by atoms with Crippen molar-refractivity contribution in [3.05, 3.63) is 66.2 Å². The van der Waals surface area contributed by atoms with Gasteiger partial charge < -0.3 is 30.0 Å². The Balaban J connectivity index is 2.40. The zero-order valence-corrected chi connectivity index (χ0v) is 18.2. The minimum absolute atomic E-state index is 0.0162. The molecule has 2 aromatic carbocycles. The first-order chi connectivity index (χ1) is 15.9. The van der Waals surface area contributed by atoms with Gasteiger partial charge in [0, 0.05) is 5.56 Å². The molecule has 0 aliphatic carbocycles. The molecular formula is C23H26N2O8. The number of benzene rings is 2. The smallest absolute Gasteiger partial charge is 0.333 e. The summed E-state index contributed by atoms with van der Waals surface area (Å²) in [7, 11) is 1.09. The Morgan fingerprint density at radius 3 is 2.06 bits per heavy atom. The van der Waals surface area contributed by atoms with E-state index >= 15 is 0 Å². The molecule has 176 valence electrons. The van der Waals surface area contributed by atoms with Gasteiger partial charge in [0.1, 0.15) is 5.75 Å². The number of ether oxygens (including phenoxy) is 3. The number of esters is 2. The molecule has 0 bridgehead atoms. The summed E-state index contributed by atoms with van der Waals surface area (Å²) in [4.78, 5) is 50.4. The van der Waals surface area contributed by atoms with Crippen LogP contribution in [0, 0.1) is 0 Å². The molecule has 0 heterocycles. The van der Waals surface area contributed by atoms with Crippen LogP contribution in [0.2, 0.25) is 0 Å². The molecule has 0 spiro atoms. The van der Waals surface area contributed by atoms with E-state index in [1.165, 1.54) is 12.1 Å². The molecule has 2 amide bonds. The Hall–Kier alpha value is -3.92. The quantitative estimate of drug-likeness (QED) is 0.412. The van der Waals surface area contributed by atoms with Crippen LogP contribution in [0.1, 0.15) is 17.3 Å². The molecule has 0 saturated carbocycles. The van der Waals surface area contributed by atoms with E-state index in [-0.39, 0.29) is 17.9 Å². The Bertz CT molecular complexity index is 936. The van der Waals surface area contributed by atoms with Crippen LogP contribution in [-0.4, -0.2) is 67.4 Å². The van der Waals surface area contributed by atoms with Crippen molar-refractivity contribution in [2.75, 3.05) is 20.3 Å². The Morgan fingerprint density at radius 1 is 0.909 bits per heavy atom. The number of amides is 2. The van der Waals surface area contributed by atoms with Crippen molar-refractivity contribution in [2.24, 2.45) is 0 Å². The average molecular weight is 458 g/mol. The van der Waals surface area contributed by atoms with Crippen LogP contribution in [0.4, 0.5) is 0 Å². The Morgan fingerprint density at radius 2 is 1.52 bits per heavy atom. The molecule has 10 heteroatoms. The van der Waals surface area contributed by atoms with Crippen LogP contribution >= 0.6 is 0 Å². The Labute approximate surface area is 190 Å². The fraction of sp³-hybridized carbons (Fsp3) is 0.304. The Kier molecular flexibility index (Phi) is 9.84. The third-order valence-corrected chi connectivity index (χ3v) is 4.42. The van der Waals surface area contributed by atoms with Crippen molar-refractivity contribution >= 4 is 23.8 Å². The number of aliphatic hydroxyl groups is 1. The minimum atomic E-state index is -1.64. The highest BCUT2D eigenvalue weighted by Gasteiger charge is 2.40. The molecule has 0 saturated heterocycles. The number of hydrogen-bond donors (Lipinski definition) is 3.